The molecule has 1 N–H and O–H groups in total. The quantitative estimate of drug-likeness (QED) is 0.611. The van der Waals surface area contributed by atoms with E-state index in [2.05, 4.69) is 10.4 Å². The van der Waals surface area contributed by atoms with E-state index < -0.39 is 0 Å². The summed E-state index contributed by atoms with van der Waals surface area (Å²) >= 11 is 0. The highest BCUT2D eigenvalue weighted by Crippen LogP contribution is 2.23. The Morgan fingerprint density at radius 2 is 2.03 bits per heavy atom. The molecule has 0 saturated heterocycles. The third-order valence-corrected chi connectivity index (χ3v) is 4.61. The smallest absolute Gasteiger partial charge is 0.248 e. The van der Waals surface area contributed by atoms with Crippen LogP contribution < -0.4 is 14.8 Å². The van der Waals surface area contributed by atoms with Gasteiger partial charge in [-0.3, -0.25) is 9.48 Å². The van der Waals surface area contributed by atoms with Crippen molar-refractivity contribution in [2.24, 2.45) is 7.05 Å². The van der Waals surface area contributed by atoms with Gasteiger partial charge in [0.2, 0.25) is 5.91 Å². The van der Waals surface area contributed by atoms with Gasteiger partial charge >= 0.3 is 0 Å². The van der Waals surface area contributed by atoms with Crippen LogP contribution in [0.5, 0.6) is 11.5 Å². The normalized spacial score (nSPS) is 10.9. The van der Waals surface area contributed by atoms with Crippen molar-refractivity contribution in [2.45, 2.75) is 20.5 Å². The Bertz CT molecular complexity index is 1040. The second kappa shape index (κ2) is 9.10. The van der Waals surface area contributed by atoms with Crippen molar-refractivity contribution in [3.8, 4) is 11.5 Å². The van der Waals surface area contributed by atoms with Gasteiger partial charge in [0, 0.05) is 18.7 Å². The third kappa shape index (κ3) is 5.25. The number of rotatable bonds is 7. The Labute approximate surface area is 170 Å². The van der Waals surface area contributed by atoms with Gasteiger partial charge < -0.3 is 14.8 Å². The summed E-state index contributed by atoms with van der Waals surface area (Å²) in [5.74, 6) is 1.33. The molecule has 0 aliphatic carbocycles. The fourth-order valence-corrected chi connectivity index (χ4v) is 2.85. The Hall–Kier alpha value is -3.54. The van der Waals surface area contributed by atoms with Crippen LogP contribution >= 0.6 is 0 Å². The Balaban J connectivity index is 1.69. The van der Waals surface area contributed by atoms with Crippen LogP contribution in [-0.2, 0) is 18.4 Å². The molecule has 0 aliphatic heterocycles. The van der Waals surface area contributed by atoms with Crippen molar-refractivity contribution in [1.82, 2.24) is 9.78 Å². The maximum atomic E-state index is 12.2. The zero-order valence-electron chi connectivity index (χ0n) is 17.1. The number of anilines is 1. The van der Waals surface area contributed by atoms with E-state index in [9.17, 15) is 4.79 Å². The molecule has 3 rings (SSSR count). The number of nitrogens with one attached hydrogen (secondary N) is 1. The molecular formula is C23H25N3O3. The molecule has 29 heavy (non-hydrogen) atoms. The molecule has 3 aromatic rings. The molecule has 0 aliphatic rings. The van der Waals surface area contributed by atoms with E-state index in [0.717, 1.165) is 33.9 Å². The molecule has 0 radical (unpaired) electrons. The SMILES string of the molecule is COc1ccc(/C=C/C(=O)Nc2cnn(C)c2C)cc1COc1cccc(C)c1. The van der Waals surface area contributed by atoms with Crippen LogP contribution in [0.1, 0.15) is 22.4 Å². The molecule has 6 heteroatoms. The first-order valence-electron chi connectivity index (χ1n) is 9.30. The molecule has 0 unspecified atom stereocenters. The molecule has 150 valence electrons. The van der Waals surface area contributed by atoms with E-state index in [1.54, 1.807) is 24.1 Å². The van der Waals surface area contributed by atoms with Gasteiger partial charge in [-0.1, -0.05) is 18.2 Å². The summed E-state index contributed by atoms with van der Waals surface area (Å²) in [5.41, 5.74) is 4.52. The molecule has 1 aromatic heterocycles. The summed E-state index contributed by atoms with van der Waals surface area (Å²) < 4.78 is 13.0. The van der Waals surface area contributed by atoms with Crippen LogP contribution in [0.3, 0.4) is 0 Å². The van der Waals surface area contributed by atoms with Crippen molar-refractivity contribution in [3.05, 3.63) is 77.1 Å². The number of aromatic nitrogens is 2. The van der Waals surface area contributed by atoms with Gasteiger partial charge in [0.15, 0.2) is 0 Å². The van der Waals surface area contributed by atoms with Crippen molar-refractivity contribution < 1.29 is 14.3 Å². The number of carbonyl (C=O) groups excluding carboxylic acids is 1. The van der Waals surface area contributed by atoms with Gasteiger partial charge in [-0.2, -0.15) is 5.10 Å². The second-order valence-electron chi connectivity index (χ2n) is 6.77. The van der Waals surface area contributed by atoms with Gasteiger partial charge in [-0.05, 0) is 55.3 Å². The first-order valence-corrected chi connectivity index (χ1v) is 9.30. The molecule has 0 bridgehead atoms. The Morgan fingerprint density at radius 3 is 2.72 bits per heavy atom. The number of aryl methyl sites for hydroxylation is 2. The lowest BCUT2D eigenvalue weighted by Gasteiger charge is -2.11. The number of hydrogen-bond acceptors (Lipinski definition) is 4. The summed E-state index contributed by atoms with van der Waals surface area (Å²) in [7, 11) is 3.46. The molecule has 1 heterocycles. The summed E-state index contributed by atoms with van der Waals surface area (Å²) in [5, 5.41) is 6.95. The molecule has 1 amide bonds. The fraction of sp³-hybridized carbons (Fsp3) is 0.217. The minimum atomic E-state index is -0.213. The van der Waals surface area contributed by atoms with Crippen molar-refractivity contribution in [1.29, 1.82) is 0 Å². The highest BCUT2D eigenvalue weighted by atomic mass is 16.5. The van der Waals surface area contributed by atoms with E-state index >= 15 is 0 Å². The van der Waals surface area contributed by atoms with Crippen LogP contribution in [0, 0.1) is 13.8 Å². The van der Waals surface area contributed by atoms with Crippen molar-refractivity contribution in [2.75, 3.05) is 12.4 Å². The van der Waals surface area contributed by atoms with E-state index in [4.69, 9.17) is 9.47 Å². The minimum Gasteiger partial charge on any atom is -0.496 e. The fourth-order valence-electron chi connectivity index (χ4n) is 2.85. The van der Waals surface area contributed by atoms with Crippen molar-refractivity contribution in [3.63, 3.8) is 0 Å². The van der Waals surface area contributed by atoms with Gasteiger partial charge in [0.25, 0.3) is 0 Å². The molecule has 0 atom stereocenters. The highest BCUT2D eigenvalue weighted by molar-refractivity contribution is 6.02. The molecule has 6 nitrogen and oxygen atoms in total. The van der Waals surface area contributed by atoms with Crippen molar-refractivity contribution >= 4 is 17.7 Å². The number of hydrogen-bond donors (Lipinski definition) is 1. The zero-order chi connectivity index (χ0) is 20.8. The van der Waals surface area contributed by atoms with Gasteiger partial charge in [0.05, 0.1) is 24.7 Å². The number of nitrogens with zero attached hydrogens (tertiary/aromatic N) is 2. The Morgan fingerprint density at radius 1 is 1.21 bits per heavy atom. The summed E-state index contributed by atoms with van der Waals surface area (Å²) in [6.45, 7) is 4.29. The summed E-state index contributed by atoms with van der Waals surface area (Å²) in [4.78, 5) is 12.2. The predicted octanol–water partition coefficient (Wildman–Crippen LogP) is 4.28. The van der Waals surface area contributed by atoms with Crippen LogP contribution in [0.15, 0.2) is 54.7 Å². The molecule has 2 aromatic carbocycles. The number of amides is 1. The number of ether oxygens (including phenoxy) is 2. The Kier molecular flexibility index (Phi) is 6.34. The summed E-state index contributed by atoms with van der Waals surface area (Å²) in [6.07, 6.45) is 4.89. The highest BCUT2D eigenvalue weighted by Gasteiger charge is 2.07. The average Bonchev–Trinajstić information content (AvgIpc) is 3.03. The van der Waals surface area contributed by atoms with Gasteiger partial charge in [-0.25, -0.2) is 0 Å². The lowest BCUT2D eigenvalue weighted by molar-refractivity contribution is -0.111. The molecule has 0 spiro atoms. The second-order valence-corrected chi connectivity index (χ2v) is 6.77. The van der Waals surface area contributed by atoms with Crippen LogP contribution in [0.2, 0.25) is 0 Å². The van der Waals surface area contributed by atoms with E-state index in [1.165, 1.54) is 6.08 Å². The lowest BCUT2D eigenvalue weighted by atomic mass is 10.1. The molecule has 0 fully saturated rings. The molecular weight excluding hydrogens is 366 g/mol. The maximum absolute atomic E-state index is 12.2. The van der Waals surface area contributed by atoms with Crippen LogP contribution in [-0.4, -0.2) is 22.8 Å². The number of carbonyl (C=O) groups is 1. The average molecular weight is 391 g/mol. The third-order valence-electron chi connectivity index (χ3n) is 4.61. The minimum absolute atomic E-state index is 0.213. The first kappa shape index (κ1) is 20.2. The zero-order valence-corrected chi connectivity index (χ0v) is 17.1. The predicted molar refractivity (Wildman–Crippen MR) is 114 cm³/mol. The maximum Gasteiger partial charge on any atom is 0.248 e. The lowest BCUT2D eigenvalue weighted by Crippen LogP contribution is -2.08. The van der Waals surface area contributed by atoms with Crippen LogP contribution in [0.4, 0.5) is 5.69 Å². The van der Waals surface area contributed by atoms with Crippen LogP contribution in [0.25, 0.3) is 6.08 Å². The monoisotopic (exact) mass is 391 g/mol. The van der Waals surface area contributed by atoms with Gasteiger partial charge in [0.1, 0.15) is 18.1 Å². The van der Waals surface area contributed by atoms with E-state index in [1.807, 2.05) is 63.4 Å². The first-order chi connectivity index (χ1) is 14.0. The topological polar surface area (TPSA) is 65.4 Å². The summed E-state index contributed by atoms with van der Waals surface area (Å²) in [6, 6.07) is 13.6. The largest absolute Gasteiger partial charge is 0.496 e. The standard InChI is InChI=1S/C23H25N3O3/c1-16-6-5-7-20(12-16)29-15-19-13-18(8-10-22(19)28-4)9-11-23(27)25-21-14-24-26(3)17(21)2/h5-14H,15H2,1-4H3,(H,25,27)/b11-9+. The number of methoxy groups -OCH3 is 1. The number of benzene rings is 2. The van der Waals surface area contributed by atoms with E-state index in [-0.39, 0.29) is 5.91 Å². The van der Waals surface area contributed by atoms with Gasteiger partial charge in [-0.15, -0.1) is 0 Å². The van der Waals surface area contributed by atoms with E-state index in [0.29, 0.717) is 12.3 Å². The molecule has 0 saturated carbocycles.